The monoisotopic (exact) mass is 251 g/mol. The topological polar surface area (TPSA) is 64.6 Å². The predicted molar refractivity (Wildman–Crippen MR) is 71.6 cm³/mol. The molecule has 0 aromatic heterocycles. The Labute approximate surface area is 108 Å². The summed E-state index contributed by atoms with van der Waals surface area (Å²) >= 11 is 0. The highest BCUT2D eigenvalue weighted by Gasteiger charge is 2.03. The fraction of sp³-hybridized carbons (Fsp3) is 0.462. The number of phenolic OH excluding ortho intramolecular Hbond substituents is 1. The molecule has 0 fully saturated rings. The molecule has 0 aliphatic carbocycles. The number of nitrogens with one attached hydrogen (secondary N) is 2. The maximum Gasteiger partial charge on any atom is 0.316 e. The summed E-state index contributed by atoms with van der Waals surface area (Å²) in [6.07, 6.45) is 0. The fourth-order valence-corrected chi connectivity index (χ4v) is 1.50. The number of phenols is 1. The van der Waals surface area contributed by atoms with Gasteiger partial charge in [0.15, 0.2) is 0 Å². The Morgan fingerprint density at radius 3 is 2.72 bits per heavy atom. The third-order valence-electron chi connectivity index (χ3n) is 2.62. The average Bonchev–Trinajstić information content (AvgIpc) is 2.33. The highest BCUT2D eigenvalue weighted by Crippen LogP contribution is 2.20. The van der Waals surface area contributed by atoms with Crippen LogP contribution in [0.1, 0.15) is 11.1 Å². The minimum atomic E-state index is -0.102. The maximum atomic E-state index is 11.2. The molecule has 3 N–H and O–H groups in total. The van der Waals surface area contributed by atoms with Gasteiger partial charge in [-0.2, -0.15) is 0 Å². The van der Waals surface area contributed by atoms with Gasteiger partial charge >= 0.3 is 6.03 Å². The number of hydrogen-bond acceptors (Lipinski definition) is 3. The van der Waals surface area contributed by atoms with E-state index in [4.69, 9.17) is 0 Å². The lowest BCUT2D eigenvalue weighted by molar-refractivity contribution is 0.217. The molecule has 0 saturated carbocycles. The van der Waals surface area contributed by atoms with E-state index in [9.17, 15) is 9.90 Å². The molecule has 0 radical (unpaired) electrons. The van der Waals surface area contributed by atoms with Crippen LogP contribution in [-0.4, -0.2) is 43.2 Å². The van der Waals surface area contributed by atoms with Crippen molar-refractivity contribution in [2.45, 2.75) is 13.5 Å². The molecule has 5 nitrogen and oxygen atoms in total. The van der Waals surface area contributed by atoms with Gasteiger partial charge in [-0.3, -0.25) is 0 Å². The molecule has 1 aromatic rings. The number of urea groups is 1. The summed E-state index contributed by atoms with van der Waals surface area (Å²) in [5.74, 6) is 0.335. The number of carbonyl (C=O) groups excluding carboxylic acids is 1. The van der Waals surface area contributed by atoms with Crippen LogP contribution >= 0.6 is 0 Å². The Kier molecular flexibility index (Phi) is 5.45. The van der Waals surface area contributed by atoms with E-state index in [1.54, 1.807) is 14.1 Å². The minimum Gasteiger partial charge on any atom is -0.507 e. The van der Waals surface area contributed by atoms with Crippen molar-refractivity contribution in [1.29, 1.82) is 0 Å². The Bertz CT molecular complexity index is 405. The molecule has 0 saturated heterocycles. The van der Waals surface area contributed by atoms with Gasteiger partial charge in [-0.15, -0.1) is 0 Å². The second kappa shape index (κ2) is 6.86. The summed E-state index contributed by atoms with van der Waals surface area (Å²) in [5, 5.41) is 15.7. The quantitative estimate of drug-likeness (QED) is 0.686. The third kappa shape index (κ3) is 4.25. The van der Waals surface area contributed by atoms with Gasteiger partial charge in [0.25, 0.3) is 0 Å². The summed E-state index contributed by atoms with van der Waals surface area (Å²) in [5.41, 5.74) is 1.74. The van der Waals surface area contributed by atoms with Crippen molar-refractivity contribution in [3.05, 3.63) is 29.3 Å². The van der Waals surface area contributed by atoms with Crippen LogP contribution in [0.15, 0.2) is 18.2 Å². The second-order valence-corrected chi connectivity index (χ2v) is 4.39. The molecule has 0 atom stereocenters. The number of nitrogens with zero attached hydrogens (tertiary/aromatic N) is 1. The zero-order chi connectivity index (χ0) is 13.5. The molecule has 0 aliphatic heterocycles. The molecule has 18 heavy (non-hydrogen) atoms. The first kappa shape index (κ1) is 14.3. The van der Waals surface area contributed by atoms with Gasteiger partial charge in [0.05, 0.1) is 0 Å². The number of aromatic hydroxyl groups is 1. The number of para-hydroxylation sites is 1. The molecule has 1 aromatic carbocycles. The van der Waals surface area contributed by atoms with Gasteiger partial charge in [-0.05, 0) is 12.5 Å². The van der Waals surface area contributed by atoms with Crippen molar-refractivity contribution in [3.63, 3.8) is 0 Å². The molecular formula is C13H21N3O2. The van der Waals surface area contributed by atoms with E-state index in [1.165, 1.54) is 4.90 Å². The lowest BCUT2D eigenvalue weighted by atomic mass is 10.1. The largest absolute Gasteiger partial charge is 0.507 e. The minimum absolute atomic E-state index is 0.102. The van der Waals surface area contributed by atoms with E-state index >= 15 is 0 Å². The lowest BCUT2D eigenvalue weighted by Crippen LogP contribution is -2.38. The summed E-state index contributed by atoms with van der Waals surface area (Å²) in [4.78, 5) is 12.7. The Morgan fingerprint density at radius 2 is 2.06 bits per heavy atom. The first-order chi connectivity index (χ1) is 8.52. The molecule has 1 rings (SSSR count). The van der Waals surface area contributed by atoms with Crippen LogP contribution in [0.4, 0.5) is 4.79 Å². The smallest absolute Gasteiger partial charge is 0.316 e. The van der Waals surface area contributed by atoms with Crippen molar-refractivity contribution < 1.29 is 9.90 Å². The van der Waals surface area contributed by atoms with Gasteiger partial charge in [-0.25, -0.2) is 4.79 Å². The normalized spacial score (nSPS) is 10.2. The zero-order valence-corrected chi connectivity index (χ0v) is 11.2. The lowest BCUT2D eigenvalue weighted by Gasteiger charge is -2.12. The average molecular weight is 251 g/mol. The number of carbonyl (C=O) groups is 1. The van der Waals surface area contributed by atoms with E-state index < -0.39 is 0 Å². The molecule has 0 spiro atoms. The van der Waals surface area contributed by atoms with Crippen molar-refractivity contribution in [2.75, 3.05) is 27.2 Å². The molecular weight excluding hydrogens is 230 g/mol. The Morgan fingerprint density at radius 1 is 1.33 bits per heavy atom. The highest BCUT2D eigenvalue weighted by molar-refractivity contribution is 5.73. The fourth-order valence-electron chi connectivity index (χ4n) is 1.50. The SMILES string of the molecule is Cc1cccc(CNCCNC(=O)N(C)C)c1O. The predicted octanol–water partition coefficient (Wildman–Crippen LogP) is 1.06. The first-order valence-electron chi connectivity index (χ1n) is 5.95. The van der Waals surface area contributed by atoms with Crippen LogP contribution in [0.5, 0.6) is 5.75 Å². The van der Waals surface area contributed by atoms with E-state index in [0.29, 0.717) is 25.4 Å². The van der Waals surface area contributed by atoms with E-state index in [-0.39, 0.29) is 6.03 Å². The molecule has 0 heterocycles. The number of hydrogen-bond donors (Lipinski definition) is 3. The first-order valence-corrected chi connectivity index (χ1v) is 5.95. The van der Waals surface area contributed by atoms with Gasteiger partial charge in [0, 0.05) is 39.3 Å². The van der Waals surface area contributed by atoms with Crippen LogP contribution in [0, 0.1) is 6.92 Å². The molecule has 0 aliphatic rings. The third-order valence-corrected chi connectivity index (χ3v) is 2.62. The molecule has 5 heteroatoms. The van der Waals surface area contributed by atoms with E-state index in [0.717, 1.165) is 11.1 Å². The standard InChI is InChI=1S/C13H21N3O2/c1-10-5-4-6-11(12(10)17)9-14-7-8-15-13(18)16(2)3/h4-6,14,17H,7-9H2,1-3H3,(H,15,18). The van der Waals surface area contributed by atoms with Crippen molar-refractivity contribution in [1.82, 2.24) is 15.5 Å². The zero-order valence-electron chi connectivity index (χ0n) is 11.2. The van der Waals surface area contributed by atoms with E-state index in [1.807, 2.05) is 25.1 Å². The van der Waals surface area contributed by atoms with Crippen LogP contribution in [-0.2, 0) is 6.54 Å². The van der Waals surface area contributed by atoms with Crippen molar-refractivity contribution >= 4 is 6.03 Å². The highest BCUT2D eigenvalue weighted by atomic mass is 16.3. The van der Waals surface area contributed by atoms with Crippen molar-refractivity contribution in [3.8, 4) is 5.75 Å². The van der Waals surface area contributed by atoms with Gasteiger partial charge in [0.1, 0.15) is 5.75 Å². The van der Waals surface area contributed by atoms with Gasteiger partial charge < -0.3 is 20.6 Å². The Hall–Kier alpha value is -1.75. The molecule has 100 valence electrons. The maximum absolute atomic E-state index is 11.2. The number of benzene rings is 1. The number of aryl methyl sites for hydroxylation is 1. The summed E-state index contributed by atoms with van der Waals surface area (Å²) < 4.78 is 0. The van der Waals surface area contributed by atoms with E-state index in [2.05, 4.69) is 10.6 Å². The number of amides is 2. The molecule has 0 bridgehead atoms. The van der Waals surface area contributed by atoms with Crippen molar-refractivity contribution in [2.24, 2.45) is 0 Å². The number of rotatable bonds is 5. The molecule has 0 unspecified atom stereocenters. The Balaban J connectivity index is 2.26. The van der Waals surface area contributed by atoms with Crippen LogP contribution < -0.4 is 10.6 Å². The second-order valence-electron chi connectivity index (χ2n) is 4.39. The van der Waals surface area contributed by atoms with Crippen LogP contribution in [0.3, 0.4) is 0 Å². The summed E-state index contributed by atoms with van der Waals surface area (Å²) in [6, 6.07) is 5.57. The van der Waals surface area contributed by atoms with Gasteiger partial charge in [-0.1, -0.05) is 18.2 Å². The van der Waals surface area contributed by atoms with Gasteiger partial charge in [0.2, 0.25) is 0 Å². The van der Waals surface area contributed by atoms with Crippen LogP contribution in [0.25, 0.3) is 0 Å². The summed E-state index contributed by atoms with van der Waals surface area (Å²) in [7, 11) is 3.40. The van der Waals surface area contributed by atoms with Crippen LogP contribution in [0.2, 0.25) is 0 Å². The molecule has 2 amide bonds. The summed E-state index contributed by atoms with van der Waals surface area (Å²) in [6.45, 7) is 3.68.